The van der Waals surface area contributed by atoms with Crippen LogP contribution in [-0.2, 0) is 6.54 Å². The number of anilines is 1. The Morgan fingerprint density at radius 1 is 0.926 bits per heavy atom. The standard InChI is InChI=1S/C23H18N3O/c24-19-5-3-9-26(15-19)14-16-7-8-18-12-25-13-21(20(18)10-16)23-11-17-4-1-2-6-22(17)27-23/h1-13,15H,14,24H2/q+1. The monoisotopic (exact) mass is 352 g/mol. The number of nitrogen functional groups attached to an aromatic ring is 1. The molecule has 0 unspecified atom stereocenters. The first kappa shape index (κ1) is 15.6. The maximum absolute atomic E-state index is 6.07. The van der Waals surface area contributed by atoms with Crippen LogP contribution >= 0.6 is 0 Å². The fraction of sp³-hybridized carbons (Fsp3) is 0.0435. The molecular formula is C23H18N3O+. The van der Waals surface area contributed by atoms with Gasteiger partial charge in [-0.15, -0.1) is 0 Å². The van der Waals surface area contributed by atoms with Crippen molar-refractivity contribution in [3.05, 3.63) is 91.0 Å². The maximum atomic E-state index is 6.07. The number of aromatic nitrogens is 2. The molecule has 0 radical (unpaired) electrons. The Balaban J connectivity index is 1.62. The first-order valence-corrected chi connectivity index (χ1v) is 8.86. The summed E-state index contributed by atoms with van der Waals surface area (Å²) in [6, 6.07) is 20.4. The van der Waals surface area contributed by atoms with Crippen LogP contribution < -0.4 is 10.3 Å². The van der Waals surface area contributed by atoms with E-state index in [1.165, 1.54) is 5.56 Å². The molecule has 0 spiro atoms. The van der Waals surface area contributed by atoms with Crippen LogP contribution in [0.5, 0.6) is 0 Å². The number of furan rings is 1. The maximum Gasteiger partial charge on any atom is 0.192 e. The Morgan fingerprint density at radius 2 is 1.85 bits per heavy atom. The number of benzene rings is 2. The zero-order valence-electron chi connectivity index (χ0n) is 14.7. The van der Waals surface area contributed by atoms with Crippen molar-refractivity contribution in [3.63, 3.8) is 0 Å². The molecule has 0 amide bonds. The zero-order chi connectivity index (χ0) is 18.2. The van der Waals surface area contributed by atoms with Crippen molar-refractivity contribution in [1.82, 2.24) is 4.98 Å². The number of rotatable bonds is 3. The van der Waals surface area contributed by atoms with Crippen LogP contribution in [0, 0.1) is 0 Å². The highest BCUT2D eigenvalue weighted by molar-refractivity contribution is 5.97. The molecule has 0 saturated carbocycles. The van der Waals surface area contributed by atoms with Crippen LogP contribution in [0.1, 0.15) is 5.56 Å². The molecule has 4 heteroatoms. The first-order chi connectivity index (χ1) is 13.3. The molecule has 5 aromatic rings. The van der Waals surface area contributed by atoms with Gasteiger partial charge in [-0.3, -0.25) is 4.98 Å². The second-order valence-corrected chi connectivity index (χ2v) is 6.70. The molecule has 3 aromatic heterocycles. The molecule has 5 rings (SSSR count). The van der Waals surface area contributed by atoms with E-state index in [9.17, 15) is 0 Å². The third-order valence-corrected chi connectivity index (χ3v) is 4.76. The number of fused-ring (bicyclic) bond motifs is 2. The van der Waals surface area contributed by atoms with Gasteiger partial charge in [-0.05, 0) is 29.7 Å². The van der Waals surface area contributed by atoms with Gasteiger partial charge in [0.05, 0.1) is 5.69 Å². The summed E-state index contributed by atoms with van der Waals surface area (Å²) in [6.07, 6.45) is 7.72. The van der Waals surface area contributed by atoms with Crippen LogP contribution in [0.3, 0.4) is 0 Å². The molecule has 130 valence electrons. The molecule has 2 N–H and O–H groups in total. The van der Waals surface area contributed by atoms with E-state index in [-0.39, 0.29) is 0 Å². The topological polar surface area (TPSA) is 55.9 Å². The lowest BCUT2D eigenvalue weighted by molar-refractivity contribution is -0.687. The summed E-state index contributed by atoms with van der Waals surface area (Å²) in [5.74, 6) is 0.836. The van der Waals surface area contributed by atoms with E-state index in [4.69, 9.17) is 10.2 Å². The van der Waals surface area contributed by atoms with E-state index in [1.54, 1.807) is 0 Å². The molecule has 27 heavy (non-hydrogen) atoms. The average molecular weight is 352 g/mol. The predicted octanol–water partition coefficient (Wildman–Crippen LogP) is 4.57. The van der Waals surface area contributed by atoms with Gasteiger partial charge in [0, 0.05) is 40.4 Å². The van der Waals surface area contributed by atoms with Crippen molar-refractivity contribution in [2.75, 3.05) is 5.73 Å². The fourth-order valence-corrected chi connectivity index (χ4v) is 3.47. The van der Waals surface area contributed by atoms with E-state index < -0.39 is 0 Å². The number of hydrogen-bond donors (Lipinski definition) is 1. The van der Waals surface area contributed by atoms with E-state index >= 15 is 0 Å². The predicted molar refractivity (Wildman–Crippen MR) is 107 cm³/mol. The molecule has 4 nitrogen and oxygen atoms in total. The normalized spacial score (nSPS) is 11.3. The van der Waals surface area contributed by atoms with Crippen LogP contribution in [0.15, 0.2) is 89.9 Å². The summed E-state index contributed by atoms with van der Waals surface area (Å²) in [4.78, 5) is 4.40. The van der Waals surface area contributed by atoms with Gasteiger partial charge in [0.25, 0.3) is 0 Å². The van der Waals surface area contributed by atoms with Gasteiger partial charge in [-0.25, -0.2) is 0 Å². The van der Waals surface area contributed by atoms with Gasteiger partial charge in [-0.1, -0.05) is 30.3 Å². The van der Waals surface area contributed by atoms with Gasteiger partial charge in [-0.2, -0.15) is 4.57 Å². The van der Waals surface area contributed by atoms with Crippen molar-refractivity contribution < 1.29 is 8.98 Å². The van der Waals surface area contributed by atoms with Crippen LogP contribution in [0.25, 0.3) is 33.1 Å². The van der Waals surface area contributed by atoms with Gasteiger partial charge in [0.2, 0.25) is 0 Å². The highest BCUT2D eigenvalue weighted by Crippen LogP contribution is 2.32. The molecular weight excluding hydrogens is 334 g/mol. The minimum Gasteiger partial charge on any atom is -0.456 e. The SMILES string of the molecule is Nc1ccc[n+](Cc2ccc3cncc(-c4cc5ccccc5o4)c3c2)c1. The Kier molecular flexibility index (Phi) is 3.61. The summed E-state index contributed by atoms with van der Waals surface area (Å²) >= 11 is 0. The van der Waals surface area contributed by atoms with Crippen molar-refractivity contribution in [3.8, 4) is 11.3 Å². The largest absolute Gasteiger partial charge is 0.456 e. The lowest BCUT2D eigenvalue weighted by atomic mass is 10.0. The Bertz CT molecular complexity index is 1240. The van der Waals surface area contributed by atoms with Crippen LogP contribution in [0.2, 0.25) is 0 Å². The number of nitrogens with two attached hydrogens (primary N) is 1. The number of para-hydroxylation sites is 1. The molecule has 3 heterocycles. The summed E-state index contributed by atoms with van der Waals surface area (Å²) < 4.78 is 8.16. The van der Waals surface area contributed by atoms with Crippen molar-refractivity contribution in [2.45, 2.75) is 6.54 Å². The highest BCUT2D eigenvalue weighted by atomic mass is 16.3. The van der Waals surface area contributed by atoms with Gasteiger partial charge < -0.3 is 10.2 Å². The van der Waals surface area contributed by atoms with Crippen molar-refractivity contribution >= 4 is 27.4 Å². The quantitative estimate of drug-likeness (QED) is 0.484. The second kappa shape index (κ2) is 6.25. The Morgan fingerprint density at radius 3 is 2.74 bits per heavy atom. The van der Waals surface area contributed by atoms with E-state index in [0.717, 1.165) is 45.3 Å². The number of hydrogen-bond acceptors (Lipinski definition) is 3. The molecule has 0 atom stereocenters. The van der Waals surface area contributed by atoms with E-state index in [1.807, 2.05) is 55.1 Å². The Hall–Kier alpha value is -3.66. The minimum atomic E-state index is 0.753. The van der Waals surface area contributed by atoms with Gasteiger partial charge >= 0.3 is 0 Å². The summed E-state index contributed by atoms with van der Waals surface area (Å²) in [5.41, 5.74) is 9.74. The molecule has 0 aliphatic rings. The molecule has 0 aliphatic carbocycles. The molecule has 0 fully saturated rings. The fourth-order valence-electron chi connectivity index (χ4n) is 3.47. The smallest absolute Gasteiger partial charge is 0.192 e. The van der Waals surface area contributed by atoms with Crippen molar-refractivity contribution in [2.24, 2.45) is 0 Å². The average Bonchev–Trinajstić information content (AvgIpc) is 3.11. The molecule has 0 saturated heterocycles. The molecule has 2 aromatic carbocycles. The van der Waals surface area contributed by atoms with E-state index in [2.05, 4.69) is 39.9 Å². The van der Waals surface area contributed by atoms with Crippen molar-refractivity contribution in [1.29, 1.82) is 0 Å². The van der Waals surface area contributed by atoms with Gasteiger partial charge in [0.15, 0.2) is 18.9 Å². The zero-order valence-corrected chi connectivity index (χ0v) is 14.7. The lowest BCUT2D eigenvalue weighted by Crippen LogP contribution is -2.33. The summed E-state index contributed by atoms with van der Waals surface area (Å²) in [7, 11) is 0. The van der Waals surface area contributed by atoms with E-state index in [0.29, 0.717) is 0 Å². The third kappa shape index (κ3) is 2.91. The summed E-state index contributed by atoms with van der Waals surface area (Å²) in [6.45, 7) is 0.753. The summed E-state index contributed by atoms with van der Waals surface area (Å²) in [5, 5.41) is 3.32. The lowest BCUT2D eigenvalue weighted by Gasteiger charge is -2.06. The Labute approximate surface area is 156 Å². The third-order valence-electron chi connectivity index (χ3n) is 4.76. The number of pyridine rings is 2. The molecule has 0 bridgehead atoms. The van der Waals surface area contributed by atoms with Gasteiger partial charge in [0.1, 0.15) is 11.3 Å². The molecule has 0 aliphatic heterocycles. The first-order valence-electron chi connectivity index (χ1n) is 8.86. The van der Waals surface area contributed by atoms with Crippen LogP contribution in [0.4, 0.5) is 5.69 Å². The minimum absolute atomic E-state index is 0.753. The highest BCUT2D eigenvalue weighted by Gasteiger charge is 2.12. The second-order valence-electron chi connectivity index (χ2n) is 6.70. The van der Waals surface area contributed by atoms with Crippen LogP contribution in [-0.4, -0.2) is 4.98 Å². The number of nitrogens with zero attached hydrogens (tertiary/aromatic N) is 2.